The number of fused-ring (bicyclic) bond motifs is 1. The second-order valence-electron chi connectivity index (χ2n) is 8.34. The molecule has 1 aliphatic heterocycles. The maximum Gasteiger partial charge on any atom is 0.142 e. The van der Waals surface area contributed by atoms with Crippen LogP contribution in [0.15, 0.2) is 73.2 Å². The van der Waals surface area contributed by atoms with E-state index < -0.39 is 0 Å². The van der Waals surface area contributed by atoms with Gasteiger partial charge in [0.2, 0.25) is 0 Å². The van der Waals surface area contributed by atoms with Crippen molar-refractivity contribution in [2.24, 2.45) is 0 Å². The van der Waals surface area contributed by atoms with Gasteiger partial charge >= 0.3 is 0 Å². The number of hydrogen-bond acceptors (Lipinski definition) is 4. The number of piperidine rings is 1. The molecule has 0 amide bonds. The molecule has 1 N–H and O–H groups in total. The first-order valence-electron chi connectivity index (χ1n) is 10.9. The van der Waals surface area contributed by atoms with Gasteiger partial charge in [-0.05, 0) is 35.6 Å². The number of aromatic amines is 1. The molecule has 0 saturated carbocycles. The topological polar surface area (TPSA) is 61.9 Å². The minimum absolute atomic E-state index is 0.252. The highest BCUT2D eigenvalue weighted by Crippen LogP contribution is 2.32. The summed E-state index contributed by atoms with van der Waals surface area (Å²) >= 11 is 0. The second kappa shape index (κ2) is 8.72. The Hall–Kier alpha value is -3.47. The highest BCUT2D eigenvalue weighted by atomic mass is 16.1. The van der Waals surface area contributed by atoms with E-state index in [9.17, 15) is 4.79 Å². The average molecular weight is 411 g/mol. The number of H-pyrrole nitrogens is 1. The predicted octanol–water partition coefficient (Wildman–Crippen LogP) is 4.70. The number of carbonyl (C=O) groups excluding carboxylic acids is 1. The first kappa shape index (κ1) is 19.5. The lowest BCUT2D eigenvalue weighted by Gasteiger charge is -2.34. The van der Waals surface area contributed by atoms with Crippen molar-refractivity contribution in [3.8, 4) is 0 Å². The molecule has 5 rings (SSSR count). The molecule has 1 atom stereocenters. The third-order valence-corrected chi connectivity index (χ3v) is 6.15. The molecule has 0 radical (unpaired) electrons. The summed E-state index contributed by atoms with van der Waals surface area (Å²) in [6.07, 6.45) is 6.84. The summed E-state index contributed by atoms with van der Waals surface area (Å²) in [7, 11) is 0. The molecule has 2 aromatic carbocycles. The van der Waals surface area contributed by atoms with E-state index in [2.05, 4.69) is 50.2 Å². The number of benzene rings is 2. The Labute approximate surface area is 182 Å². The summed E-state index contributed by atoms with van der Waals surface area (Å²) in [6.45, 7) is 1.96. The Morgan fingerprint density at radius 1 is 0.968 bits per heavy atom. The maximum absolute atomic E-state index is 12.4. The smallest absolute Gasteiger partial charge is 0.142 e. The average Bonchev–Trinajstić information content (AvgIpc) is 3.29. The van der Waals surface area contributed by atoms with Gasteiger partial charge < -0.3 is 9.88 Å². The number of aromatic nitrogens is 3. The summed E-state index contributed by atoms with van der Waals surface area (Å²) in [5.74, 6) is 1.73. The molecule has 1 fully saturated rings. The summed E-state index contributed by atoms with van der Waals surface area (Å²) in [5.41, 5.74) is 4.38. The maximum atomic E-state index is 12.4. The number of Topliss-reactive ketones (excluding diaryl/α,β-unsaturated/α-hetero) is 1. The Morgan fingerprint density at radius 3 is 2.55 bits per heavy atom. The van der Waals surface area contributed by atoms with Crippen LogP contribution in [0.2, 0.25) is 0 Å². The lowest BCUT2D eigenvalue weighted by molar-refractivity contribution is -0.117. The van der Waals surface area contributed by atoms with Crippen molar-refractivity contribution in [1.29, 1.82) is 0 Å². The number of nitrogens with one attached hydrogen (secondary N) is 1. The largest absolute Gasteiger partial charge is 0.355 e. The Morgan fingerprint density at radius 2 is 1.74 bits per heavy atom. The van der Waals surface area contributed by atoms with Gasteiger partial charge in [-0.25, -0.2) is 9.97 Å². The van der Waals surface area contributed by atoms with Gasteiger partial charge in [0.1, 0.15) is 23.6 Å². The van der Waals surface area contributed by atoms with E-state index in [0.29, 0.717) is 18.8 Å². The van der Waals surface area contributed by atoms with Crippen LogP contribution in [0.1, 0.15) is 35.4 Å². The second-order valence-corrected chi connectivity index (χ2v) is 8.34. The molecule has 1 unspecified atom stereocenters. The molecule has 2 aromatic heterocycles. The fraction of sp³-hybridized carbons (Fsp3) is 0.269. The number of rotatable bonds is 6. The summed E-state index contributed by atoms with van der Waals surface area (Å²) in [4.78, 5) is 26.9. The number of anilines is 1. The molecule has 5 nitrogen and oxygen atoms in total. The molecule has 31 heavy (non-hydrogen) atoms. The minimum atomic E-state index is 0.252. The fourth-order valence-corrected chi connectivity index (χ4v) is 4.57. The first-order chi connectivity index (χ1) is 15.3. The summed E-state index contributed by atoms with van der Waals surface area (Å²) < 4.78 is 0. The van der Waals surface area contributed by atoms with Crippen LogP contribution in [-0.2, 0) is 17.6 Å². The monoisotopic (exact) mass is 410 g/mol. The van der Waals surface area contributed by atoms with Crippen molar-refractivity contribution >= 4 is 22.6 Å². The number of ketones is 1. The van der Waals surface area contributed by atoms with E-state index >= 15 is 0 Å². The van der Waals surface area contributed by atoms with Crippen LogP contribution < -0.4 is 4.90 Å². The fourth-order valence-electron chi connectivity index (χ4n) is 4.57. The standard InChI is InChI=1S/C26H26N4O/c31-23(15-19-5-2-1-3-6-19)16-20-8-10-21(11-9-20)22-7-4-14-30(17-22)26-24-12-13-27-25(24)28-18-29-26/h1-3,5-6,8-13,18,22H,4,7,14-17H2,(H,27,28,29). The lowest BCUT2D eigenvalue weighted by Crippen LogP contribution is -2.35. The van der Waals surface area contributed by atoms with Crippen molar-refractivity contribution in [2.45, 2.75) is 31.6 Å². The van der Waals surface area contributed by atoms with Crippen LogP contribution in [0.5, 0.6) is 0 Å². The number of hydrogen-bond donors (Lipinski definition) is 1. The molecule has 1 aliphatic rings. The SMILES string of the molecule is O=C(Cc1ccccc1)Cc1ccc(C2CCCN(c3ncnc4[nH]ccc34)C2)cc1. The number of nitrogens with zero attached hydrogens (tertiary/aromatic N) is 3. The molecule has 3 heterocycles. The highest BCUT2D eigenvalue weighted by Gasteiger charge is 2.24. The van der Waals surface area contributed by atoms with Crippen LogP contribution >= 0.6 is 0 Å². The van der Waals surface area contributed by atoms with E-state index in [1.807, 2.05) is 36.5 Å². The molecular weight excluding hydrogens is 384 g/mol. The zero-order chi connectivity index (χ0) is 21.0. The van der Waals surface area contributed by atoms with Crippen LogP contribution in [0.25, 0.3) is 11.0 Å². The zero-order valence-corrected chi connectivity index (χ0v) is 17.5. The summed E-state index contributed by atoms with van der Waals surface area (Å²) in [6, 6.07) is 20.6. The van der Waals surface area contributed by atoms with Crippen LogP contribution in [0.4, 0.5) is 5.82 Å². The van der Waals surface area contributed by atoms with Crippen LogP contribution in [0, 0.1) is 0 Å². The van der Waals surface area contributed by atoms with Gasteiger partial charge in [0.05, 0.1) is 5.39 Å². The zero-order valence-electron chi connectivity index (χ0n) is 17.5. The Kier molecular flexibility index (Phi) is 5.48. The van der Waals surface area contributed by atoms with E-state index in [0.717, 1.165) is 47.5 Å². The molecule has 0 spiro atoms. The predicted molar refractivity (Wildman–Crippen MR) is 123 cm³/mol. The van der Waals surface area contributed by atoms with Crippen LogP contribution in [-0.4, -0.2) is 33.8 Å². The Bertz CT molecular complexity index is 1170. The van der Waals surface area contributed by atoms with Gasteiger partial charge in [-0.1, -0.05) is 54.6 Å². The van der Waals surface area contributed by atoms with Gasteiger partial charge in [-0.2, -0.15) is 0 Å². The van der Waals surface area contributed by atoms with E-state index in [1.54, 1.807) is 6.33 Å². The normalized spacial score (nSPS) is 16.5. The molecular formula is C26H26N4O. The van der Waals surface area contributed by atoms with E-state index in [4.69, 9.17) is 0 Å². The van der Waals surface area contributed by atoms with Crippen molar-refractivity contribution in [3.63, 3.8) is 0 Å². The van der Waals surface area contributed by atoms with E-state index in [1.165, 1.54) is 12.0 Å². The third-order valence-electron chi connectivity index (χ3n) is 6.15. The molecule has 156 valence electrons. The van der Waals surface area contributed by atoms with Crippen molar-refractivity contribution < 1.29 is 4.79 Å². The van der Waals surface area contributed by atoms with Gasteiger partial charge in [0.15, 0.2) is 0 Å². The number of carbonyl (C=O) groups is 1. The third kappa shape index (κ3) is 4.36. The highest BCUT2D eigenvalue weighted by molar-refractivity contribution is 5.87. The minimum Gasteiger partial charge on any atom is -0.355 e. The molecule has 4 aromatic rings. The first-order valence-corrected chi connectivity index (χ1v) is 10.9. The van der Waals surface area contributed by atoms with Gasteiger partial charge in [-0.15, -0.1) is 0 Å². The van der Waals surface area contributed by atoms with Crippen molar-refractivity contribution in [1.82, 2.24) is 15.0 Å². The lowest BCUT2D eigenvalue weighted by atomic mass is 9.89. The van der Waals surface area contributed by atoms with Gasteiger partial charge in [0.25, 0.3) is 0 Å². The van der Waals surface area contributed by atoms with E-state index in [-0.39, 0.29) is 5.78 Å². The van der Waals surface area contributed by atoms with Gasteiger partial charge in [0, 0.05) is 38.0 Å². The molecule has 1 saturated heterocycles. The molecule has 5 heteroatoms. The Balaban J connectivity index is 1.25. The van der Waals surface area contributed by atoms with Crippen molar-refractivity contribution in [3.05, 3.63) is 89.9 Å². The van der Waals surface area contributed by atoms with Crippen molar-refractivity contribution in [2.75, 3.05) is 18.0 Å². The van der Waals surface area contributed by atoms with Crippen LogP contribution in [0.3, 0.4) is 0 Å². The summed E-state index contributed by atoms with van der Waals surface area (Å²) in [5, 5.41) is 1.08. The quantitative estimate of drug-likeness (QED) is 0.501. The molecule has 0 aliphatic carbocycles. The van der Waals surface area contributed by atoms with Gasteiger partial charge in [-0.3, -0.25) is 4.79 Å². The molecule has 0 bridgehead atoms.